The van der Waals surface area contributed by atoms with Crippen LogP contribution in [0, 0.1) is 5.92 Å². The quantitative estimate of drug-likeness (QED) is 0.815. The third kappa shape index (κ3) is 4.16. The summed E-state index contributed by atoms with van der Waals surface area (Å²) < 4.78 is 0. The van der Waals surface area contributed by atoms with E-state index in [1.54, 1.807) is 12.1 Å². The maximum atomic E-state index is 6.00. The molecule has 1 unspecified atom stereocenters. The number of likely N-dealkylation sites (tertiary alicyclic amines) is 1. The van der Waals surface area contributed by atoms with Crippen LogP contribution in [0.25, 0.3) is 0 Å². The Morgan fingerprint density at radius 2 is 1.89 bits per heavy atom. The first-order chi connectivity index (χ1) is 9.06. The summed E-state index contributed by atoms with van der Waals surface area (Å²) in [4.78, 5) is 2.52. The Hall–Kier alpha value is -0.640. The van der Waals surface area contributed by atoms with Crippen molar-refractivity contribution >= 4 is 34.6 Å². The van der Waals surface area contributed by atoms with Gasteiger partial charge in [0.05, 0.1) is 21.4 Å². The zero-order valence-corrected chi connectivity index (χ0v) is 12.8. The fraction of sp³-hybridized carbons (Fsp3) is 0.571. The second-order valence-electron chi connectivity index (χ2n) is 5.35. The Morgan fingerprint density at radius 1 is 1.26 bits per heavy atom. The second kappa shape index (κ2) is 6.69. The van der Waals surface area contributed by atoms with Crippen LogP contribution >= 0.6 is 23.2 Å². The summed E-state index contributed by atoms with van der Waals surface area (Å²) >= 11 is 11.9. The van der Waals surface area contributed by atoms with Crippen LogP contribution in [-0.2, 0) is 0 Å². The smallest absolute Gasteiger partial charge is 0.0614 e. The predicted octanol–water partition coefficient (Wildman–Crippen LogP) is 3.72. The highest BCUT2D eigenvalue weighted by Gasteiger charge is 2.14. The first-order valence-corrected chi connectivity index (χ1v) is 7.52. The molecule has 19 heavy (non-hydrogen) atoms. The van der Waals surface area contributed by atoms with Crippen molar-refractivity contribution in [2.24, 2.45) is 5.92 Å². The summed E-state index contributed by atoms with van der Waals surface area (Å²) in [6, 6.07) is 3.49. The van der Waals surface area contributed by atoms with Gasteiger partial charge in [0.15, 0.2) is 0 Å². The lowest BCUT2D eigenvalue weighted by molar-refractivity contribution is 0.294. The number of rotatable bonds is 5. The van der Waals surface area contributed by atoms with Crippen molar-refractivity contribution in [2.75, 3.05) is 37.2 Å². The maximum Gasteiger partial charge on any atom is 0.0614 e. The molecular weight excluding hydrogens is 281 g/mol. The monoisotopic (exact) mass is 301 g/mol. The molecule has 5 heteroatoms. The molecular formula is C14H21Cl2N3. The number of nitrogens with zero attached hydrogens (tertiary/aromatic N) is 1. The molecule has 3 N–H and O–H groups in total. The molecule has 1 aliphatic heterocycles. The zero-order valence-electron chi connectivity index (χ0n) is 11.3. The molecule has 3 nitrogen and oxygen atoms in total. The van der Waals surface area contributed by atoms with Gasteiger partial charge in [0.2, 0.25) is 0 Å². The fourth-order valence-corrected chi connectivity index (χ4v) is 2.81. The summed E-state index contributed by atoms with van der Waals surface area (Å²) in [5.41, 5.74) is 7.43. The van der Waals surface area contributed by atoms with Crippen LogP contribution < -0.4 is 11.1 Å². The highest BCUT2D eigenvalue weighted by Crippen LogP contribution is 2.30. The number of anilines is 2. The predicted molar refractivity (Wildman–Crippen MR) is 84.2 cm³/mol. The summed E-state index contributed by atoms with van der Waals surface area (Å²) in [6.07, 6.45) is 2.67. The number of halogens is 2. The van der Waals surface area contributed by atoms with Gasteiger partial charge in [-0.25, -0.2) is 0 Å². The average molecular weight is 302 g/mol. The van der Waals surface area contributed by atoms with E-state index in [4.69, 9.17) is 28.9 Å². The Bertz CT molecular complexity index is 431. The molecule has 0 aliphatic carbocycles. The SMILES string of the molecule is CC(CNc1cc(Cl)c(Cl)cc1N)CN1CCCC1. The number of nitrogen functional groups attached to an aromatic ring is 1. The van der Waals surface area contributed by atoms with Crippen molar-refractivity contribution in [1.29, 1.82) is 0 Å². The molecule has 1 saturated heterocycles. The van der Waals surface area contributed by atoms with Crippen LogP contribution in [0.3, 0.4) is 0 Å². The Balaban J connectivity index is 1.85. The first-order valence-electron chi connectivity index (χ1n) is 6.77. The Morgan fingerprint density at radius 3 is 2.58 bits per heavy atom. The van der Waals surface area contributed by atoms with E-state index in [2.05, 4.69) is 17.1 Å². The van der Waals surface area contributed by atoms with Gasteiger partial charge in [-0.2, -0.15) is 0 Å². The van der Waals surface area contributed by atoms with Crippen molar-refractivity contribution in [1.82, 2.24) is 4.90 Å². The maximum absolute atomic E-state index is 6.00. The molecule has 0 saturated carbocycles. The summed E-state index contributed by atoms with van der Waals surface area (Å²) in [5.74, 6) is 0.576. The third-order valence-electron chi connectivity index (χ3n) is 3.50. The highest BCUT2D eigenvalue weighted by atomic mass is 35.5. The Kier molecular flexibility index (Phi) is 5.20. The van der Waals surface area contributed by atoms with E-state index in [0.29, 0.717) is 21.7 Å². The van der Waals surface area contributed by atoms with E-state index in [0.717, 1.165) is 18.8 Å². The molecule has 0 radical (unpaired) electrons. The van der Waals surface area contributed by atoms with Gasteiger partial charge in [0.1, 0.15) is 0 Å². The molecule has 1 aromatic carbocycles. The van der Waals surface area contributed by atoms with Gasteiger partial charge in [-0.1, -0.05) is 30.1 Å². The molecule has 1 atom stereocenters. The van der Waals surface area contributed by atoms with Crippen LogP contribution in [0.15, 0.2) is 12.1 Å². The number of nitrogens with two attached hydrogens (primary N) is 1. The van der Waals surface area contributed by atoms with Crippen LogP contribution in [0.1, 0.15) is 19.8 Å². The molecule has 0 bridgehead atoms. The molecule has 0 spiro atoms. The third-order valence-corrected chi connectivity index (χ3v) is 4.22. The van der Waals surface area contributed by atoms with E-state index < -0.39 is 0 Å². The van der Waals surface area contributed by atoms with E-state index in [1.807, 2.05) is 0 Å². The Labute approximate surface area is 125 Å². The molecule has 1 heterocycles. The van der Waals surface area contributed by atoms with E-state index in [-0.39, 0.29) is 0 Å². The van der Waals surface area contributed by atoms with E-state index in [9.17, 15) is 0 Å². The van der Waals surface area contributed by atoms with Crippen molar-refractivity contribution in [3.63, 3.8) is 0 Å². The van der Waals surface area contributed by atoms with E-state index >= 15 is 0 Å². The van der Waals surface area contributed by atoms with Gasteiger partial charge in [-0.15, -0.1) is 0 Å². The summed E-state index contributed by atoms with van der Waals surface area (Å²) in [5, 5.41) is 4.39. The van der Waals surface area contributed by atoms with E-state index in [1.165, 1.54) is 25.9 Å². The topological polar surface area (TPSA) is 41.3 Å². The van der Waals surface area contributed by atoms with Crippen LogP contribution in [0.4, 0.5) is 11.4 Å². The lowest BCUT2D eigenvalue weighted by Gasteiger charge is -2.21. The molecule has 106 valence electrons. The molecule has 2 rings (SSSR count). The molecule has 1 aromatic rings. The average Bonchev–Trinajstić information content (AvgIpc) is 2.85. The van der Waals surface area contributed by atoms with Gasteiger partial charge in [-0.3, -0.25) is 0 Å². The highest BCUT2D eigenvalue weighted by molar-refractivity contribution is 6.42. The minimum Gasteiger partial charge on any atom is -0.397 e. The summed E-state index contributed by atoms with van der Waals surface area (Å²) in [6.45, 7) is 6.74. The molecule has 1 aliphatic rings. The number of benzene rings is 1. The minimum atomic E-state index is 0.495. The molecule has 0 aromatic heterocycles. The lowest BCUT2D eigenvalue weighted by atomic mass is 10.1. The number of nitrogens with one attached hydrogen (secondary N) is 1. The van der Waals surface area contributed by atoms with Crippen molar-refractivity contribution in [2.45, 2.75) is 19.8 Å². The first kappa shape index (κ1) is 14.8. The van der Waals surface area contributed by atoms with Crippen molar-refractivity contribution in [3.05, 3.63) is 22.2 Å². The summed E-state index contributed by atoms with van der Waals surface area (Å²) in [7, 11) is 0. The van der Waals surface area contributed by atoms with Crippen LogP contribution in [0.5, 0.6) is 0 Å². The zero-order chi connectivity index (χ0) is 13.8. The normalized spacial score (nSPS) is 17.6. The van der Waals surface area contributed by atoms with Gasteiger partial charge < -0.3 is 16.0 Å². The lowest BCUT2D eigenvalue weighted by Crippen LogP contribution is -2.29. The fourth-order valence-electron chi connectivity index (χ4n) is 2.47. The molecule has 0 amide bonds. The van der Waals surface area contributed by atoms with Gasteiger partial charge in [0.25, 0.3) is 0 Å². The minimum absolute atomic E-state index is 0.495. The van der Waals surface area contributed by atoms with Crippen molar-refractivity contribution in [3.8, 4) is 0 Å². The van der Waals surface area contributed by atoms with Gasteiger partial charge in [-0.05, 0) is 44.0 Å². The van der Waals surface area contributed by atoms with Gasteiger partial charge in [0, 0.05) is 13.1 Å². The van der Waals surface area contributed by atoms with Crippen molar-refractivity contribution < 1.29 is 0 Å². The standard InChI is InChI=1S/C14H21Cl2N3/c1-10(9-19-4-2-3-5-19)8-18-14-7-12(16)11(15)6-13(14)17/h6-7,10,18H,2-5,8-9,17H2,1H3. The van der Waals surface area contributed by atoms with Crippen LogP contribution in [-0.4, -0.2) is 31.1 Å². The van der Waals surface area contributed by atoms with Crippen LogP contribution in [0.2, 0.25) is 10.0 Å². The number of hydrogen-bond donors (Lipinski definition) is 2. The largest absolute Gasteiger partial charge is 0.397 e. The number of hydrogen-bond acceptors (Lipinski definition) is 3. The second-order valence-corrected chi connectivity index (χ2v) is 6.16. The van der Waals surface area contributed by atoms with Gasteiger partial charge >= 0.3 is 0 Å². The molecule has 1 fully saturated rings.